The molecular formula is C90H177NO5. The molecule has 1 amide bonds. The van der Waals surface area contributed by atoms with Crippen molar-refractivity contribution in [3.05, 3.63) is 12.2 Å². The Morgan fingerprint density at radius 2 is 0.479 bits per heavy atom. The Labute approximate surface area is 603 Å². The van der Waals surface area contributed by atoms with Crippen LogP contribution in [0.25, 0.3) is 0 Å². The Bertz CT molecular complexity index is 1470. The fourth-order valence-electron chi connectivity index (χ4n) is 14.8. The molecule has 0 aromatic rings. The molecule has 0 aromatic heterocycles. The number of aliphatic hydroxyl groups excluding tert-OH is 2. The van der Waals surface area contributed by atoms with Crippen LogP contribution >= 0.6 is 0 Å². The van der Waals surface area contributed by atoms with E-state index in [0.29, 0.717) is 19.4 Å². The molecule has 0 spiro atoms. The van der Waals surface area contributed by atoms with Crippen molar-refractivity contribution in [2.45, 2.75) is 540 Å². The van der Waals surface area contributed by atoms with Crippen molar-refractivity contribution in [1.29, 1.82) is 0 Å². The van der Waals surface area contributed by atoms with Gasteiger partial charge < -0.3 is 20.3 Å². The summed E-state index contributed by atoms with van der Waals surface area (Å²) >= 11 is 0. The minimum atomic E-state index is -0.842. The Hall–Kier alpha value is -1.40. The molecule has 6 heteroatoms. The zero-order chi connectivity index (χ0) is 69.1. The van der Waals surface area contributed by atoms with Gasteiger partial charge in [0.2, 0.25) is 5.91 Å². The zero-order valence-electron chi connectivity index (χ0n) is 65.9. The van der Waals surface area contributed by atoms with E-state index < -0.39 is 12.1 Å². The number of hydrogen-bond acceptors (Lipinski definition) is 5. The van der Waals surface area contributed by atoms with Gasteiger partial charge in [0.05, 0.1) is 25.4 Å². The van der Waals surface area contributed by atoms with Crippen LogP contribution in [0.5, 0.6) is 0 Å². The number of rotatable bonds is 86. The first kappa shape index (κ1) is 94.6. The van der Waals surface area contributed by atoms with Crippen molar-refractivity contribution in [3.8, 4) is 0 Å². The van der Waals surface area contributed by atoms with E-state index in [-0.39, 0.29) is 18.5 Å². The van der Waals surface area contributed by atoms with Crippen LogP contribution in [0.15, 0.2) is 12.2 Å². The van der Waals surface area contributed by atoms with Crippen molar-refractivity contribution in [1.82, 2.24) is 5.32 Å². The number of esters is 1. The molecule has 0 aromatic carbocycles. The van der Waals surface area contributed by atoms with Crippen LogP contribution in [0.3, 0.4) is 0 Å². The molecule has 96 heavy (non-hydrogen) atoms. The van der Waals surface area contributed by atoms with Gasteiger partial charge in [-0.15, -0.1) is 0 Å². The maximum Gasteiger partial charge on any atom is 0.305 e. The number of allylic oxidation sites excluding steroid dienone is 1. The van der Waals surface area contributed by atoms with Gasteiger partial charge in [-0.1, -0.05) is 495 Å². The number of carbonyl (C=O) groups is 2. The fraction of sp³-hybridized carbons (Fsp3) is 0.956. The molecule has 0 radical (unpaired) electrons. The van der Waals surface area contributed by atoms with Crippen LogP contribution in [0.2, 0.25) is 0 Å². The van der Waals surface area contributed by atoms with E-state index in [9.17, 15) is 19.8 Å². The molecule has 0 aliphatic carbocycles. The first-order valence-electron chi connectivity index (χ1n) is 45.0. The summed E-state index contributed by atoms with van der Waals surface area (Å²) in [5.74, 6) is -0.0273. The highest BCUT2D eigenvalue weighted by Crippen LogP contribution is 2.22. The third-order valence-corrected chi connectivity index (χ3v) is 21.6. The van der Waals surface area contributed by atoms with E-state index in [0.717, 1.165) is 38.5 Å². The molecule has 3 N–H and O–H groups in total. The molecule has 2 atom stereocenters. The molecule has 0 heterocycles. The summed E-state index contributed by atoms with van der Waals surface area (Å²) in [6.07, 6.45) is 111. The Morgan fingerprint density at radius 1 is 0.281 bits per heavy atom. The van der Waals surface area contributed by atoms with Crippen molar-refractivity contribution in [2.24, 2.45) is 0 Å². The molecule has 6 nitrogen and oxygen atoms in total. The van der Waals surface area contributed by atoms with E-state index in [4.69, 9.17) is 4.74 Å². The van der Waals surface area contributed by atoms with Gasteiger partial charge in [0.1, 0.15) is 0 Å². The van der Waals surface area contributed by atoms with Crippen molar-refractivity contribution in [2.75, 3.05) is 13.2 Å². The van der Waals surface area contributed by atoms with Gasteiger partial charge >= 0.3 is 5.97 Å². The Morgan fingerprint density at radius 3 is 0.708 bits per heavy atom. The van der Waals surface area contributed by atoms with Gasteiger partial charge in [-0.2, -0.15) is 0 Å². The van der Waals surface area contributed by atoms with Crippen molar-refractivity contribution >= 4 is 11.9 Å². The summed E-state index contributed by atoms with van der Waals surface area (Å²) < 4.78 is 5.53. The maximum atomic E-state index is 12.6. The van der Waals surface area contributed by atoms with Gasteiger partial charge in [-0.3, -0.25) is 9.59 Å². The van der Waals surface area contributed by atoms with Crippen LogP contribution in [0.1, 0.15) is 528 Å². The predicted molar refractivity (Wildman–Crippen MR) is 426 cm³/mol. The largest absolute Gasteiger partial charge is 0.466 e. The molecule has 572 valence electrons. The lowest BCUT2D eigenvalue weighted by Gasteiger charge is -2.20. The molecule has 0 rings (SSSR count). The van der Waals surface area contributed by atoms with E-state index >= 15 is 0 Å². The summed E-state index contributed by atoms with van der Waals surface area (Å²) in [5.41, 5.74) is 0. The van der Waals surface area contributed by atoms with E-state index in [2.05, 4.69) is 19.2 Å². The van der Waals surface area contributed by atoms with Crippen LogP contribution in [0, 0.1) is 0 Å². The Balaban J connectivity index is 3.32. The number of amides is 1. The first-order valence-corrected chi connectivity index (χ1v) is 45.0. The smallest absolute Gasteiger partial charge is 0.305 e. The number of unbranched alkanes of at least 4 members (excludes halogenated alkanes) is 75. The highest BCUT2D eigenvalue weighted by atomic mass is 16.5. The normalized spacial score (nSPS) is 12.4. The minimum absolute atomic E-state index is 0.0288. The predicted octanol–water partition coefficient (Wildman–Crippen LogP) is 30.2. The highest BCUT2D eigenvalue weighted by molar-refractivity contribution is 5.76. The summed E-state index contributed by atoms with van der Waals surface area (Å²) in [5, 5.41) is 23.4. The fourth-order valence-corrected chi connectivity index (χ4v) is 14.8. The van der Waals surface area contributed by atoms with Gasteiger partial charge in [-0.25, -0.2) is 0 Å². The number of hydrogen-bond donors (Lipinski definition) is 3. The topological polar surface area (TPSA) is 95.9 Å². The third-order valence-electron chi connectivity index (χ3n) is 21.6. The van der Waals surface area contributed by atoms with Crippen LogP contribution in [-0.4, -0.2) is 47.4 Å². The molecule has 2 unspecified atom stereocenters. The number of aliphatic hydroxyl groups is 2. The molecule has 0 aliphatic heterocycles. The average Bonchev–Trinajstić information content (AvgIpc) is 2.98. The lowest BCUT2D eigenvalue weighted by Crippen LogP contribution is -2.45. The van der Waals surface area contributed by atoms with Crippen molar-refractivity contribution in [3.63, 3.8) is 0 Å². The van der Waals surface area contributed by atoms with E-state index in [1.807, 2.05) is 6.08 Å². The summed E-state index contributed by atoms with van der Waals surface area (Å²) in [4.78, 5) is 24.7. The Kier molecular flexibility index (Phi) is 84.8. The second-order valence-electron chi connectivity index (χ2n) is 31.3. The second-order valence-corrected chi connectivity index (χ2v) is 31.3. The lowest BCUT2D eigenvalue weighted by molar-refractivity contribution is -0.143. The van der Waals surface area contributed by atoms with Gasteiger partial charge in [-0.05, 0) is 32.1 Å². The van der Waals surface area contributed by atoms with Gasteiger partial charge in [0.15, 0.2) is 0 Å². The summed E-state index contributed by atoms with van der Waals surface area (Å²) in [7, 11) is 0. The minimum Gasteiger partial charge on any atom is -0.466 e. The number of carbonyl (C=O) groups excluding carboxylic acids is 2. The van der Waals surface area contributed by atoms with Gasteiger partial charge in [0.25, 0.3) is 0 Å². The van der Waals surface area contributed by atoms with E-state index in [1.165, 1.54) is 462 Å². The average molecular weight is 1350 g/mol. The molecular weight excluding hydrogens is 1170 g/mol. The number of ether oxygens (including phenoxy) is 1. The lowest BCUT2D eigenvalue weighted by atomic mass is 10.0. The SMILES string of the molecule is CCCCCCCCCCCCCCCCCCCCCCCCC/C=C/C(O)C(CO)NC(=O)CCCCCCCCCCCCCCCCCCCCCCCCCCCCCCCCCCCCCOC(=O)CCCCCCCCCCCCCCCCCCCCC. The summed E-state index contributed by atoms with van der Waals surface area (Å²) in [6, 6.07) is -0.625. The van der Waals surface area contributed by atoms with E-state index in [1.54, 1.807) is 6.08 Å². The molecule has 0 aliphatic rings. The first-order chi connectivity index (χ1) is 47.5. The van der Waals surface area contributed by atoms with Crippen LogP contribution in [-0.2, 0) is 14.3 Å². The molecule has 0 saturated carbocycles. The molecule has 0 saturated heterocycles. The molecule has 0 bridgehead atoms. The zero-order valence-corrected chi connectivity index (χ0v) is 65.9. The van der Waals surface area contributed by atoms with Crippen LogP contribution < -0.4 is 5.32 Å². The quantitative estimate of drug-likeness (QED) is 0.0320. The van der Waals surface area contributed by atoms with Crippen LogP contribution in [0.4, 0.5) is 0 Å². The van der Waals surface area contributed by atoms with Gasteiger partial charge in [0, 0.05) is 12.8 Å². The third kappa shape index (κ3) is 81.6. The second kappa shape index (κ2) is 86.0. The number of nitrogens with one attached hydrogen (secondary N) is 1. The van der Waals surface area contributed by atoms with Crippen molar-refractivity contribution < 1.29 is 24.5 Å². The molecule has 0 fully saturated rings. The highest BCUT2D eigenvalue weighted by Gasteiger charge is 2.18. The maximum absolute atomic E-state index is 12.6. The standard InChI is InChI=1S/C90H177NO5/c1-3-5-7-9-11-13-15-17-19-21-23-24-25-37-40-43-47-50-54-58-62-66-70-74-78-82-88(93)87(86-92)91-89(94)83-79-75-71-67-63-59-55-51-48-44-41-38-35-33-31-29-27-26-28-30-32-34-36-39-42-45-49-53-57-61-65-69-73-77-81-85-96-90(95)84-80-76-72-68-64-60-56-52-46-22-20-18-16-14-12-10-8-6-4-2/h78,82,87-88,92-93H,3-77,79-81,83-86H2,1-2H3,(H,91,94)/b82-78+. The summed E-state index contributed by atoms with van der Waals surface area (Å²) in [6.45, 7) is 4.98. The monoisotopic (exact) mass is 1350 g/mol.